The smallest absolute Gasteiger partial charge is 0.370 e. The van der Waals surface area contributed by atoms with Gasteiger partial charge in [-0.3, -0.25) is 4.68 Å². The van der Waals surface area contributed by atoms with E-state index >= 15 is 0 Å². The summed E-state index contributed by atoms with van der Waals surface area (Å²) in [4.78, 5) is 11.2. The molecule has 0 fully saturated rings. The number of nitrogens with zero attached hydrogens (tertiary/aromatic N) is 5. The molecule has 1 aliphatic heterocycles. The molecule has 0 amide bonds. The summed E-state index contributed by atoms with van der Waals surface area (Å²) in [7, 11) is 0. The van der Waals surface area contributed by atoms with Crippen LogP contribution < -0.4 is 10.6 Å². The summed E-state index contributed by atoms with van der Waals surface area (Å²) < 4.78 is 40.6. The van der Waals surface area contributed by atoms with Crippen LogP contribution in [0.5, 0.6) is 0 Å². The number of fused-ring (bicyclic) bond motifs is 1. The fourth-order valence-electron chi connectivity index (χ4n) is 2.53. The third-order valence-electron chi connectivity index (χ3n) is 3.63. The van der Waals surface area contributed by atoms with Crippen LogP contribution in [0.3, 0.4) is 0 Å². The van der Waals surface area contributed by atoms with E-state index < -0.39 is 11.7 Å². The number of rotatable bonds is 4. The van der Waals surface area contributed by atoms with Gasteiger partial charge in [0.15, 0.2) is 0 Å². The number of hydrogen-bond acceptors (Lipinski definition) is 5. The van der Waals surface area contributed by atoms with Crippen molar-refractivity contribution in [2.24, 2.45) is 0 Å². The van der Waals surface area contributed by atoms with Crippen molar-refractivity contribution in [2.75, 3.05) is 17.2 Å². The summed E-state index contributed by atoms with van der Waals surface area (Å²) in [6, 6.07) is -0.167. The standard InChI is InChI=1S/C14H14F3N7/c1-3-19-12-9(14(15,16)17)5-20-13(23-12)22-10-6-21-24-7-8(18-2)4-11(10)24/h5-6,8H,3-4,7H2,1H3,(H2,19,20,22,23)/t8-/m0/s1. The lowest BCUT2D eigenvalue weighted by Gasteiger charge is -2.13. The zero-order valence-corrected chi connectivity index (χ0v) is 12.7. The van der Waals surface area contributed by atoms with Gasteiger partial charge >= 0.3 is 6.18 Å². The molecule has 0 bridgehead atoms. The maximum absolute atomic E-state index is 13.0. The zero-order valence-electron chi connectivity index (χ0n) is 12.7. The van der Waals surface area contributed by atoms with Gasteiger partial charge in [0.25, 0.3) is 0 Å². The summed E-state index contributed by atoms with van der Waals surface area (Å²) in [6.07, 6.45) is -1.69. The minimum absolute atomic E-state index is 0.0426. The van der Waals surface area contributed by atoms with E-state index in [9.17, 15) is 13.2 Å². The summed E-state index contributed by atoms with van der Waals surface area (Å²) in [5, 5.41) is 9.66. The van der Waals surface area contributed by atoms with Crippen LogP contribution in [-0.2, 0) is 19.1 Å². The van der Waals surface area contributed by atoms with Crippen molar-refractivity contribution in [3.05, 3.63) is 35.1 Å². The highest BCUT2D eigenvalue weighted by Crippen LogP contribution is 2.34. The first kappa shape index (κ1) is 16.0. The van der Waals surface area contributed by atoms with Crippen molar-refractivity contribution in [3.8, 4) is 0 Å². The van der Waals surface area contributed by atoms with Crippen LogP contribution in [0.2, 0.25) is 0 Å². The van der Waals surface area contributed by atoms with Gasteiger partial charge in [-0.05, 0) is 6.92 Å². The third kappa shape index (κ3) is 2.97. The van der Waals surface area contributed by atoms with Crippen molar-refractivity contribution >= 4 is 17.5 Å². The Kier molecular flexibility index (Phi) is 4.01. The van der Waals surface area contributed by atoms with E-state index in [1.54, 1.807) is 17.8 Å². The predicted molar refractivity (Wildman–Crippen MR) is 80.8 cm³/mol. The van der Waals surface area contributed by atoms with E-state index in [1.165, 1.54) is 0 Å². The van der Waals surface area contributed by atoms with Gasteiger partial charge in [-0.1, -0.05) is 0 Å². The molecule has 2 N–H and O–H groups in total. The van der Waals surface area contributed by atoms with Crippen molar-refractivity contribution in [2.45, 2.75) is 32.1 Å². The van der Waals surface area contributed by atoms with E-state index in [4.69, 9.17) is 6.57 Å². The molecule has 126 valence electrons. The Morgan fingerprint density at radius 2 is 2.21 bits per heavy atom. The minimum Gasteiger partial charge on any atom is -0.370 e. The monoisotopic (exact) mass is 337 g/mol. The van der Waals surface area contributed by atoms with Crippen molar-refractivity contribution < 1.29 is 13.2 Å². The van der Waals surface area contributed by atoms with Crippen molar-refractivity contribution in [1.29, 1.82) is 0 Å². The molecule has 3 rings (SSSR count). The summed E-state index contributed by atoms with van der Waals surface area (Å²) in [5.41, 5.74) is 0.510. The summed E-state index contributed by atoms with van der Waals surface area (Å²) in [5.74, 6) is -0.230. The molecule has 0 radical (unpaired) electrons. The van der Waals surface area contributed by atoms with Gasteiger partial charge in [0.05, 0.1) is 24.0 Å². The van der Waals surface area contributed by atoms with Crippen LogP contribution in [0.25, 0.3) is 4.85 Å². The molecule has 1 aliphatic rings. The molecular formula is C14H14F3N7. The lowest BCUT2D eigenvalue weighted by molar-refractivity contribution is -0.137. The fraction of sp³-hybridized carbons (Fsp3) is 0.429. The van der Waals surface area contributed by atoms with Gasteiger partial charge in [-0.25, -0.2) is 11.6 Å². The number of aromatic nitrogens is 4. The highest BCUT2D eigenvalue weighted by molar-refractivity contribution is 5.59. The van der Waals surface area contributed by atoms with Gasteiger partial charge in [0.1, 0.15) is 17.9 Å². The molecule has 10 heteroatoms. The molecule has 3 heterocycles. The molecule has 0 aliphatic carbocycles. The average Bonchev–Trinajstić information content (AvgIpc) is 3.08. The molecular weight excluding hydrogens is 323 g/mol. The summed E-state index contributed by atoms with van der Waals surface area (Å²) in [6.45, 7) is 9.58. The topological polar surface area (TPSA) is 72.0 Å². The molecule has 1 atom stereocenters. The SMILES string of the molecule is [C-]#[N+][C@H]1Cc2c(Nc3ncc(C(F)(F)F)c(NCC)n3)cnn2C1. The Morgan fingerprint density at radius 3 is 2.88 bits per heavy atom. The van der Waals surface area contributed by atoms with E-state index in [-0.39, 0.29) is 17.8 Å². The fourth-order valence-corrected chi connectivity index (χ4v) is 2.53. The van der Waals surface area contributed by atoms with Crippen LogP contribution in [-0.4, -0.2) is 32.3 Å². The van der Waals surface area contributed by atoms with Crippen LogP contribution in [0.15, 0.2) is 12.4 Å². The van der Waals surface area contributed by atoms with Crippen LogP contribution in [0.4, 0.5) is 30.6 Å². The maximum atomic E-state index is 13.0. The highest BCUT2D eigenvalue weighted by Gasteiger charge is 2.35. The highest BCUT2D eigenvalue weighted by atomic mass is 19.4. The summed E-state index contributed by atoms with van der Waals surface area (Å²) >= 11 is 0. The Balaban J connectivity index is 1.87. The lowest BCUT2D eigenvalue weighted by atomic mass is 10.2. The Labute approximate surface area is 135 Å². The molecule has 7 nitrogen and oxygen atoms in total. The van der Waals surface area contributed by atoms with Gasteiger partial charge in [-0.2, -0.15) is 23.3 Å². The van der Waals surface area contributed by atoms with E-state index in [0.717, 1.165) is 11.9 Å². The number of alkyl halides is 3. The van der Waals surface area contributed by atoms with Gasteiger partial charge in [-0.15, -0.1) is 0 Å². The first-order valence-electron chi connectivity index (χ1n) is 7.28. The van der Waals surface area contributed by atoms with E-state index in [1.807, 2.05) is 0 Å². The molecule has 24 heavy (non-hydrogen) atoms. The molecule has 0 unspecified atom stereocenters. The molecule has 0 spiro atoms. The zero-order chi connectivity index (χ0) is 17.3. The molecule has 0 aromatic carbocycles. The maximum Gasteiger partial charge on any atom is 0.421 e. The second-order valence-corrected chi connectivity index (χ2v) is 5.28. The quantitative estimate of drug-likeness (QED) is 0.840. The van der Waals surface area contributed by atoms with Crippen molar-refractivity contribution in [3.63, 3.8) is 0 Å². The lowest BCUT2D eigenvalue weighted by Crippen LogP contribution is -2.14. The predicted octanol–water partition coefficient (Wildman–Crippen LogP) is 2.71. The van der Waals surface area contributed by atoms with Gasteiger partial charge in [0, 0.05) is 12.7 Å². The van der Waals surface area contributed by atoms with Crippen molar-refractivity contribution in [1.82, 2.24) is 19.7 Å². The first-order chi connectivity index (χ1) is 11.4. The average molecular weight is 337 g/mol. The van der Waals surface area contributed by atoms with E-state index in [2.05, 4.69) is 30.5 Å². The van der Waals surface area contributed by atoms with Crippen LogP contribution in [0.1, 0.15) is 18.2 Å². The number of halogens is 3. The number of hydrogen-bond donors (Lipinski definition) is 2. The molecule has 2 aromatic heterocycles. The number of nitrogens with one attached hydrogen (secondary N) is 2. The van der Waals surface area contributed by atoms with Crippen LogP contribution in [0, 0.1) is 6.57 Å². The van der Waals surface area contributed by atoms with Gasteiger partial charge < -0.3 is 15.5 Å². The van der Waals surface area contributed by atoms with Gasteiger partial charge in [0.2, 0.25) is 12.0 Å². The normalized spacial score (nSPS) is 16.5. The Morgan fingerprint density at radius 1 is 1.42 bits per heavy atom. The van der Waals surface area contributed by atoms with Crippen LogP contribution >= 0.6 is 0 Å². The Bertz CT molecular complexity index is 791. The molecule has 2 aromatic rings. The largest absolute Gasteiger partial charge is 0.421 e. The number of anilines is 3. The second-order valence-electron chi connectivity index (χ2n) is 5.28. The third-order valence-corrected chi connectivity index (χ3v) is 3.63. The Hall–Kier alpha value is -2.83. The van der Waals surface area contributed by atoms with E-state index in [0.29, 0.717) is 25.2 Å². The molecule has 0 saturated carbocycles. The molecule has 0 saturated heterocycles. The minimum atomic E-state index is -4.53. The first-order valence-corrected chi connectivity index (χ1v) is 7.28. The second kappa shape index (κ2) is 5.99.